The monoisotopic (exact) mass is 368 g/mol. The molecular formula is C25H40N2. The number of anilines is 1. The van der Waals surface area contributed by atoms with E-state index in [2.05, 4.69) is 67.8 Å². The minimum absolute atomic E-state index is 0.556. The Labute approximate surface area is 167 Å². The van der Waals surface area contributed by atoms with Crippen LogP contribution in [0.25, 0.3) is 5.57 Å². The molecule has 0 unspecified atom stereocenters. The van der Waals surface area contributed by atoms with Crippen molar-refractivity contribution in [3.05, 3.63) is 35.9 Å². The molecule has 0 bridgehead atoms. The number of para-hydroxylation sites is 1. The second-order valence-electron chi connectivity index (χ2n) is 9.17. The third-order valence-corrected chi connectivity index (χ3v) is 7.19. The maximum atomic E-state index is 2.65. The van der Waals surface area contributed by atoms with Gasteiger partial charge in [-0.1, -0.05) is 64.8 Å². The van der Waals surface area contributed by atoms with Gasteiger partial charge in [0, 0.05) is 37.4 Å². The summed E-state index contributed by atoms with van der Waals surface area (Å²) in [4.78, 5) is 5.28. The third kappa shape index (κ3) is 4.96. The Bertz CT molecular complexity index is 619. The van der Waals surface area contributed by atoms with Gasteiger partial charge in [0.2, 0.25) is 0 Å². The van der Waals surface area contributed by atoms with E-state index in [1.807, 2.05) is 0 Å². The summed E-state index contributed by atoms with van der Waals surface area (Å²) in [5.41, 5.74) is 5.10. The van der Waals surface area contributed by atoms with Crippen LogP contribution in [0.5, 0.6) is 0 Å². The molecule has 0 N–H and O–H groups in total. The molecule has 2 heteroatoms. The van der Waals surface area contributed by atoms with E-state index in [0.29, 0.717) is 5.41 Å². The molecule has 0 aromatic heterocycles. The quantitative estimate of drug-likeness (QED) is 0.563. The van der Waals surface area contributed by atoms with Crippen molar-refractivity contribution >= 4 is 11.3 Å². The molecule has 1 aliphatic carbocycles. The van der Waals surface area contributed by atoms with E-state index < -0.39 is 0 Å². The first-order chi connectivity index (χ1) is 13.1. The molecule has 0 amide bonds. The molecule has 1 aromatic rings. The fourth-order valence-electron chi connectivity index (χ4n) is 4.75. The Balaban J connectivity index is 1.68. The summed E-state index contributed by atoms with van der Waals surface area (Å²) >= 11 is 0. The van der Waals surface area contributed by atoms with Crippen LogP contribution >= 0.6 is 0 Å². The van der Waals surface area contributed by atoms with Crippen molar-refractivity contribution in [1.82, 2.24) is 4.90 Å². The van der Waals surface area contributed by atoms with Crippen LogP contribution in [-0.2, 0) is 0 Å². The van der Waals surface area contributed by atoms with E-state index in [4.69, 9.17) is 0 Å². The van der Waals surface area contributed by atoms with Crippen molar-refractivity contribution in [3.63, 3.8) is 0 Å². The molecule has 1 aliphatic heterocycles. The summed E-state index contributed by atoms with van der Waals surface area (Å²) in [5.74, 6) is 0.806. The summed E-state index contributed by atoms with van der Waals surface area (Å²) < 4.78 is 0. The summed E-state index contributed by atoms with van der Waals surface area (Å²) in [6, 6.07) is 9.15. The lowest BCUT2D eigenvalue weighted by Crippen LogP contribution is -2.47. The molecule has 1 heterocycles. The highest BCUT2D eigenvalue weighted by Gasteiger charge is 2.29. The molecule has 0 atom stereocenters. The first-order valence-electron chi connectivity index (χ1n) is 11.3. The fraction of sp³-hybridized carbons (Fsp3) is 0.680. The van der Waals surface area contributed by atoms with Crippen molar-refractivity contribution in [1.29, 1.82) is 0 Å². The molecule has 1 fully saturated rings. The minimum atomic E-state index is 0.556. The summed E-state index contributed by atoms with van der Waals surface area (Å²) in [5, 5.41) is 0. The molecule has 0 radical (unpaired) electrons. The van der Waals surface area contributed by atoms with Gasteiger partial charge in [-0.2, -0.15) is 0 Å². The molecule has 0 spiro atoms. The lowest BCUT2D eigenvalue weighted by molar-refractivity contribution is 0.238. The van der Waals surface area contributed by atoms with Crippen molar-refractivity contribution in [3.8, 4) is 0 Å². The second kappa shape index (κ2) is 9.28. The van der Waals surface area contributed by atoms with E-state index >= 15 is 0 Å². The van der Waals surface area contributed by atoms with Crippen LogP contribution in [-0.4, -0.2) is 37.6 Å². The van der Waals surface area contributed by atoms with Crippen LogP contribution in [0.4, 0.5) is 5.69 Å². The Kier molecular flexibility index (Phi) is 7.03. The van der Waals surface area contributed by atoms with E-state index in [0.717, 1.165) is 19.0 Å². The third-order valence-electron chi connectivity index (χ3n) is 7.19. The van der Waals surface area contributed by atoms with E-state index in [9.17, 15) is 0 Å². The molecule has 27 heavy (non-hydrogen) atoms. The van der Waals surface area contributed by atoms with Crippen LogP contribution in [0.1, 0.15) is 71.8 Å². The Morgan fingerprint density at radius 2 is 1.70 bits per heavy atom. The van der Waals surface area contributed by atoms with Crippen molar-refractivity contribution in [2.75, 3.05) is 37.6 Å². The Morgan fingerprint density at radius 3 is 2.30 bits per heavy atom. The van der Waals surface area contributed by atoms with Gasteiger partial charge in [0.15, 0.2) is 0 Å². The van der Waals surface area contributed by atoms with Crippen molar-refractivity contribution < 1.29 is 0 Å². The van der Waals surface area contributed by atoms with Gasteiger partial charge in [-0.15, -0.1) is 0 Å². The number of hydrogen-bond donors (Lipinski definition) is 0. The SMILES string of the molecule is CCC1(CC)CC=C(c2ccccc2N2CCN(CCC(C)C)CC2)CC1. The van der Waals surface area contributed by atoms with Crippen LogP contribution in [0, 0.1) is 11.3 Å². The number of nitrogens with zero attached hydrogens (tertiary/aromatic N) is 2. The minimum Gasteiger partial charge on any atom is -0.368 e. The number of hydrogen-bond acceptors (Lipinski definition) is 2. The van der Waals surface area contributed by atoms with Crippen LogP contribution in [0.2, 0.25) is 0 Å². The lowest BCUT2D eigenvalue weighted by Gasteiger charge is -2.39. The molecule has 1 saturated heterocycles. The van der Waals surface area contributed by atoms with Gasteiger partial charge < -0.3 is 4.90 Å². The predicted molar refractivity (Wildman–Crippen MR) is 119 cm³/mol. The topological polar surface area (TPSA) is 6.48 Å². The average molecular weight is 369 g/mol. The van der Waals surface area contributed by atoms with Crippen molar-refractivity contribution in [2.24, 2.45) is 11.3 Å². The molecule has 150 valence electrons. The van der Waals surface area contributed by atoms with Gasteiger partial charge in [0.25, 0.3) is 0 Å². The molecular weight excluding hydrogens is 328 g/mol. The van der Waals surface area contributed by atoms with Gasteiger partial charge in [-0.05, 0) is 55.2 Å². The highest BCUT2D eigenvalue weighted by atomic mass is 15.3. The maximum absolute atomic E-state index is 2.65. The fourth-order valence-corrected chi connectivity index (χ4v) is 4.75. The zero-order valence-corrected chi connectivity index (χ0v) is 18.1. The van der Waals surface area contributed by atoms with E-state index in [1.54, 1.807) is 5.57 Å². The Hall–Kier alpha value is -1.28. The largest absolute Gasteiger partial charge is 0.368 e. The summed E-state index contributed by atoms with van der Waals surface area (Å²) in [6.07, 6.45) is 10.4. The molecule has 1 aromatic carbocycles. The van der Waals surface area contributed by atoms with E-state index in [-0.39, 0.29) is 0 Å². The van der Waals surface area contributed by atoms with Gasteiger partial charge in [-0.25, -0.2) is 0 Å². The predicted octanol–water partition coefficient (Wildman–Crippen LogP) is 6.23. The standard InChI is InChI=1S/C25H40N2/c1-5-25(6-2)14-11-22(12-15-25)23-9-7-8-10-24(23)27-19-17-26(18-20-27)16-13-21(3)4/h7-11,21H,5-6,12-20H2,1-4H3. The zero-order valence-electron chi connectivity index (χ0n) is 18.1. The summed E-state index contributed by atoms with van der Waals surface area (Å²) in [7, 11) is 0. The van der Waals surface area contributed by atoms with E-state index in [1.165, 1.54) is 69.4 Å². The normalized spacial score (nSPS) is 20.8. The number of allylic oxidation sites excluding steroid dienone is 2. The Morgan fingerprint density at radius 1 is 1.00 bits per heavy atom. The van der Waals surface area contributed by atoms with Gasteiger partial charge in [-0.3, -0.25) is 4.90 Å². The van der Waals surface area contributed by atoms with Crippen LogP contribution in [0.15, 0.2) is 30.3 Å². The molecule has 3 rings (SSSR count). The van der Waals surface area contributed by atoms with Gasteiger partial charge in [0.05, 0.1) is 0 Å². The maximum Gasteiger partial charge on any atom is 0.0443 e. The van der Waals surface area contributed by atoms with Crippen LogP contribution in [0.3, 0.4) is 0 Å². The first-order valence-corrected chi connectivity index (χ1v) is 11.3. The molecule has 2 nitrogen and oxygen atoms in total. The number of benzene rings is 1. The first kappa shape index (κ1) is 20.5. The number of piperazine rings is 1. The molecule has 2 aliphatic rings. The average Bonchev–Trinajstić information content (AvgIpc) is 2.73. The van der Waals surface area contributed by atoms with Crippen LogP contribution < -0.4 is 4.90 Å². The zero-order chi connectivity index (χ0) is 19.3. The van der Waals surface area contributed by atoms with Gasteiger partial charge >= 0.3 is 0 Å². The second-order valence-corrected chi connectivity index (χ2v) is 9.17. The lowest BCUT2D eigenvalue weighted by atomic mass is 9.70. The highest BCUT2D eigenvalue weighted by Crippen LogP contribution is 2.44. The smallest absolute Gasteiger partial charge is 0.0443 e. The highest BCUT2D eigenvalue weighted by molar-refractivity contribution is 5.77. The molecule has 0 saturated carbocycles. The van der Waals surface area contributed by atoms with Crippen molar-refractivity contribution in [2.45, 2.75) is 66.2 Å². The summed E-state index contributed by atoms with van der Waals surface area (Å²) in [6.45, 7) is 15.4. The van der Waals surface area contributed by atoms with Gasteiger partial charge in [0.1, 0.15) is 0 Å². The number of rotatable bonds is 7.